The summed E-state index contributed by atoms with van der Waals surface area (Å²) in [5, 5.41) is 5.19. The van der Waals surface area contributed by atoms with Crippen LogP contribution in [0.2, 0.25) is 10.0 Å². The Morgan fingerprint density at radius 3 is 2.60 bits per heavy atom. The van der Waals surface area contributed by atoms with Crippen LogP contribution in [0, 0.1) is 6.92 Å². The van der Waals surface area contributed by atoms with Crippen LogP contribution < -0.4 is 4.74 Å². The molecule has 20 heavy (non-hydrogen) atoms. The van der Waals surface area contributed by atoms with E-state index in [4.69, 9.17) is 27.9 Å². The Bertz CT molecular complexity index is 665. The maximum atomic E-state index is 11.3. The van der Waals surface area contributed by atoms with E-state index in [1.54, 1.807) is 29.9 Å². The van der Waals surface area contributed by atoms with Gasteiger partial charge in [0.25, 0.3) is 0 Å². The third kappa shape index (κ3) is 2.97. The minimum absolute atomic E-state index is 0.0382. The van der Waals surface area contributed by atoms with Crippen molar-refractivity contribution in [3.63, 3.8) is 0 Å². The minimum atomic E-state index is -0.0382. The van der Waals surface area contributed by atoms with Gasteiger partial charge >= 0.3 is 0 Å². The number of nitrogens with zero attached hydrogens (tertiary/aromatic N) is 2. The maximum absolute atomic E-state index is 11.3. The van der Waals surface area contributed by atoms with Gasteiger partial charge in [-0.05, 0) is 32.0 Å². The van der Waals surface area contributed by atoms with Gasteiger partial charge in [0.2, 0.25) is 0 Å². The second kappa shape index (κ2) is 5.85. The average Bonchev–Trinajstić information content (AvgIpc) is 2.62. The van der Waals surface area contributed by atoms with Crippen molar-refractivity contribution in [3.8, 4) is 5.75 Å². The molecular formula is C14H14Cl2N2O2. The van der Waals surface area contributed by atoms with Crippen molar-refractivity contribution < 1.29 is 9.53 Å². The van der Waals surface area contributed by atoms with E-state index < -0.39 is 0 Å². The van der Waals surface area contributed by atoms with E-state index in [2.05, 4.69) is 5.10 Å². The molecule has 0 amide bonds. The van der Waals surface area contributed by atoms with Gasteiger partial charge in [-0.1, -0.05) is 23.2 Å². The van der Waals surface area contributed by atoms with Crippen molar-refractivity contribution in [3.05, 3.63) is 45.2 Å². The van der Waals surface area contributed by atoms with E-state index in [1.807, 2.05) is 6.92 Å². The molecule has 1 aromatic heterocycles. The number of hydrogen-bond acceptors (Lipinski definition) is 3. The molecule has 0 radical (unpaired) electrons. The van der Waals surface area contributed by atoms with Crippen molar-refractivity contribution in [1.29, 1.82) is 0 Å². The number of ketones is 1. The summed E-state index contributed by atoms with van der Waals surface area (Å²) in [5.41, 5.74) is 2.08. The lowest BCUT2D eigenvalue weighted by Crippen LogP contribution is -2.04. The Hall–Kier alpha value is -1.52. The zero-order chi connectivity index (χ0) is 14.9. The number of carbonyl (C=O) groups is 1. The monoisotopic (exact) mass is 312 g/mol. The summed E-state index contributed by atoms with van der Waals surface area (Å²) >= 11 is 12.2. The third-order valence-electron chi connectivity index (χ3n) is 2.96. The van der Waals surface area contributed by atoms with Crippen LogP contribution >= 0.6 is 23.2 Å². The first-order valence-electron chi connectivity index (χ1n) is 6.01. The lowest BCUT2D eigenvalue weighted by atomic mass is 10.1. The summed E-state index contributed by atoms with van der Waals surface area (Å²) in [4.78, 5) is 11.3. The molecule has 0 unspecified atom stereocenters. The Morgan fingerprint density at radius 1 is 1.40 bits per heavy atom. The number of aromatic nitrogens is 2. The molecule has 6 heteroatoms. The van der Waals surface area contributed by atoms with E-state index in [0.29, 0.717) is 21.4 Å². The highest BCUT2D eigenvalue weighted by Gasteiger charge is 2.13. The molecule has 0 aliphatic carbocycles. The van der Waals surface area contributed by atoms with Crippen LogP contribution in [0.4, 0.5) is 0 Å². The Balaban J connectivity index is 2.17. The Kier molecular flexibility index (Phi) is 4.35. The molecule has 1 aromatic carbocycles. The van der Waals surface area contributed by atoms with Gasteiger partial charge in [-0.15, -0.1) is 0 Å². The lowest BCUT2D eigenvalue weighted by molar-refractivity contribution is 0.101. The largest absolute Gasteiger partial charge is 0.486 e. The van der Waals surface area contributed by atoms with Crippen LogP contribution in [-0.4, -0.2) is 15.6 Å². The third-order valence-corrected chi connectivity index (χ3v) is 3.75. The van der Waals surface area contributed by atoms with Gasteiger partial charge in [0, 0.05) is 12.6 Å². The average molecular weight is 313 g/mol. The highest BCUT2D eigenvalue weighted by Crippen LogP contribution is 2.28. The molecule has 0 bridgehead atoms. The van der Waals surface area contributed by atoms with Gasteiger partial charge in [0.05, 0.1) is 21.4 Å². The number of halogens is 2. The van der Waals surface area contributed by atoms with Gasteiger partial charge < -0.3 is 4.74 Å². The summed E-state index contributed by atoms with van der Waals surface area (Å²) in [5.74, 6) is 0.468. The SMILES string of the molecule is CC(=O)c1ccc(OCc2c(Cl)c(C)nn2C)c(Cl)c1. The van der Waals surface area contributed by atoms with Crippen LogP contribution in [0.15, 0.2) is 18.2 Å². The predicted molar refractivity (Wildman–Crippen MR) is 78.7 cm³/mol. The van der Waals surface area contributed by atoms with E-state index in [1.165, 1.54) is 6.92 Å². The number of carbonyl (C=O) groups excluding carboxylic acids is 1. The second-order valence-electron chi connectivity index (χ2n) is 4.46. The topological polar surface area (TPSA) is 44.1 Å². The quantitative estimate of drug-likeness (QED) is 0.806. The normalized spacial score (nSPS) is 10.7. The van der Waals surface area contributed by atoms with Crippen LogP contribution in [0.3, 0.4) is 0 Å². The molecular weight excluding hydrogens is 299 g/mol. The van der Waals surface area contributed by atoms with Crippen molar-refractivity contribution in [2.24, 2.45) is 7.05 Å². The first kappa shape index (κ1) is 14.9. The highest BCUT2D eigenvalue weighted by atomic mass is 35.5. The fraction of sp³-hybridized carbons (Fsp3) is 0.286. The number of aryl methyl sites for hydroxylation is 2. The number of rotatable bonds is 4. The number of hydrogen-bond donors (Lipinski definition) is 0. The fourth-order valence-electron chi connectivity index (χ4n) is 1.82. The summed E-state index contributed by atoms with van der Waals surface area (Å²) in [6, 6.07) is 4.95. The molecule has 2 rings (SSSR count). The second-order valence-corrected chi connectivity index (χ2v) is 5.24. The summed E-state index contributed by atoms with van der Waals surface area (Å²) in [7, 11) is 1.80. The molecule has 2 aromatic rings. The standard InChI is InChI=1S/C14H14Cl2N2O2/c1-8-14(16)12(18(3)17-8)7-20-13-5-4-10(9(2)19)6-11(13)15/h4-6H,7H2,1-3H3. The molecule has 0 saturated carbocycles. The highest BCUT2D eigenvalue weighted by molar-refractivity contribution is 6.32. The lowest BCUT2D eigenvalue weighted by Gasteiger charge is -2.09. The maximum Gasteiger partial charge on any atom is 0.159 e. The summed E-state index contributed by atoms with van der Waals surface area (Å²) in [6.07, 6.45) is 0. The zero-order valence-electron chi connectivity index (χ0n) is 11.4. The van der Waals surface area contributed by atoms with Crippen molar-refractivity contribution in [2.75, 3.05) is 0 Å². The van der Waals surface area contributed by atoms with Gasteiger partial charge in [-0.25, -0.2) is 0 Å². The van der Waals surface area contributed by atoms with E-state index in [-0.39, 0.29) is 12.4 Å². The van der Waals surface area contributed by atoms with Crippen molar-refractivity contribution in [1.82, 2.24) is 9.78 Å². The van der Waals surface area contributed by atoms with Crippen molar-refractivity contribution >= 4 is 29.0 Å². The zero-order valence-corrected chi connectivity index (χ0v) is 12.9. The van der Waals surface area contributed by atoms with Crippen LogP contribution in [0.1, 0.15) is 28.7 Å². The molecule has 0 aliphatic rings. The fourth-order valence-corrected chi connectivity index (χ4v) is 2.27. The predicted octanol–water partition coefficient (Wildman–Crippen LogP) is 3.82. The van der Waals surface area contributed by atoms with Crippen molar-refractivity contribution in [2.45, 2.75) is 20.5 Å². The van der Waals surface area contributed by atoms with E-state index in [0.717, 1.165) is 11.4 Å². The van der Waals surface area contributed by atoms with Gasteiger partial charge in [-0.3, -0.25) is 9.48 Å². The minimum Gasteiger partial charge on any atom is -0.486 e. The van der Waals surface area contributed by atoms with Gasteiger partial charge in [0.15, 0.2) is 5.78 Å². The van der Waals surface area contributed by atoms with Gasteiger partial charge in [-0.2, -0.15) is 5.10 Å². The number of Topliss-reactive ketones (excluding diaryl/α,β-unsaturated/α-hetero) is 1. The Morgan fingerprint density at radius 2 is 2.10 bits per heavy atom. The first-order chi connectivity index (χ1) is 9.40. The smallest absolute Gasteiger partial charge is 0.159 e. The van der Waals surface area contributed by atoms with E-state index >= 15 is 0 Å². The molecule has 0 saturated heterocycles. The molecule has 0 spiro atoms. The van der Waals surface area contributed by atoms with Crippen LogP contribution in [0.25, 0.3) is 0 Å². The first-order valence-corrected chi connectivity index (χ1v) is 6.77. The van der Waals surface area contributed by atoms with Crippen LogP contribution in [0.5, 0.6) is 5.75 Å². The summed E-state index contributed by atoms with van der Waals surface area (Å²) in [6.45, 7) is 3.58. The Labute approximate surface area is 127 Å². The van der Waals surface area contributed by atoms with Gasteiger partial charge in [0.1, 0.15) is 12.4 Å². The molecule has 1 heterocycles. The number of ether oxygens (including phenoxy) is 1. The number of benzene rings is 1. The van der Waals surface area contributed by atoms with E-state index in [9.17, 15) is 4.79 Å². The van der Waals surface area contributed by atoms with Crippen LogP contribution in [-0.2, 0) is 13.7 Å². The molecule has 106 valence electrons. The molecule has 0 aliphatic heterocycles. The molecule has 0 N–H and O–H groups in total. The molecule has 4 nitrogen and oxygen atoms in total. The molecule has 0 fully saturated rings. The molecule has 0 atom stereocenters. The summed E-state index contributed by atoms with van der Waals surface area (Å²) < 4.78 is 7.32.